The average Bonchev–Trinajstić information content (AvgIpc) is 1.19. The summed E-state index contributed by atoms with van der Waals surface area (Å²) in [5, 5.41) is 6.87. The molecule has 2 saturated heterocycles. The highest BCUT2D eigenvalue weighted by molar-refractivity contribution is 6.20. The Morgan fingerprint density at radius 1 is 0.617 bits per heavy atom. The molecule has 5 rings (SSSR count). The van der Waals surface area contributed by atoms with Gasteiger partial charge in [0.25, 0.3) is 5.92 Å². The number of fused-ring (bicyclic) bond motifs is 1. The van der Waals surface area contributed by atoms with Gasteiger partial charge < -0.3 is 55.1 Å². The number of rotatable bonds is 11. The molecule has 3 aliphatic carbocycles. The molecule has 2 aliphatic heterocycles. The predicted octanol–water partition coefficient (Wildman–Crippen LogP) is 6.06. The topological polar surface area (TPSA) is 250 Å². The van der Waals surface area contributed by atoms with Crippen LogP contribution in [-0.2, 0) is 52.7 Å². The number of alkyl halides is 6. The van der Waals surface area contributed by atoms with Gasteiger partial charge in [0.05, 0.1) is 32.1 Å². The van der Waals surface area contributed by atoms with E-state index in [2.05, 4.69) is 22.9 Å². The van der Waals surface area contributed by atoms with Gasteiger partial charge in [-0.15, -0.1) is 11.6 Å². The Bertz CT molecular complexity index is 2720. The summed E-state index contributed by atoms with van der Waals surface area (Å²) in [6.45, 7) is 11.5. The van der Waals surface area contributed by atoms with E-state index in [1.54, 1.807) is 20.8 Å². The van der Waals surface area contributed by atoms with Crippen molar-refractivity contribution in [1.29, 1.82) is 0 Å². The van der Waals surface area contributed by atoms with E-state index in [1.165, 1.54) is 68.9 Å². The Morgan fingerprint density at radius 2 is 1.19 bits per heavy atom. The molecule has 0 aromatic heterocycles. The van der Waals surface area contributed by atoms with E-state index in [-0.39, 0.29) is 76.0 Å². The summed E-state index contributed by atoms with van der Waals surface area (Å²) in [6, 6.07) is -9.04. The largest absolute Gasteiger partial charge is 0.393 e. The molecular weight excluding hydrogens is 1250 g/mol. The van der Waals surface area contributed by atoms with Gasteiger partial charge in [-0.3, -0.25) is 52.7 Å². The Labute approximate surface area is 557 Å². The smallest absolute Gasteiger partial charge is 0.343 e. The molecule has 22 nitrogen and oxygen atoms in total. The third kappa shape index (κ3) is 19.9. The number of nitrogens with zero attached hydrogens (tertiary/aromatic N) is 8. The SMILES string of the molecule is CC[C@H](C)[C@@H]1NC(=O)[C@H](CC(C)C)N(C)C(=O)C[C@@H](C)N(C)C(=O)[C@H]([C@@H](C)CC)N(C)C(=O)C2(CCC2)NC(=O)[C@@H]2CC(F)(F)CN2C(=O)[C@H](CCC2CCC(C(F)(F)F)C(Cl)C2)NC(=O)CN(C)C(=O)[C@H](CC2CCC(C)CC2)N(C)C(=O)CN(C)C(=O)CN(C)C1=O. The molecule has 534 valence electrons. The van der Waals surface area contributed by atoms with Crippen LogP contribution in [0.25, 0.3) is 0 Å². The predicted molar refractivity (Wildman–Crippen MR) is 343 cm³/mol. The Hall–Kier alpha value is -5.89. The summed E-state index contributed by atoms with van der Waals surface area (Å²) in [5.41, 5.74) is -1.72. The highest BCUT2D eigenvalue weighted by atomic mass is 35.5. The molecule has 94 heavy (non-hydrogen) atoms. The number of hydrogen-bond donors (Lipinski definition) is 3. The molecule has 12 atom stereocenters. The Kier molecular flexibility index (Phi) is 28.0. The maximum atomic E-state index is 15.9. The number of carbonyl (C=O) groups is 11. The molecule has 5 aliphatic rings. The zero-order valence-corrected chi connectivity index (χ0v) is 58.8. The van der Waals surface area contributed by atoms with Gasteiger partial charge in [0, 0.05) is 73.6 Å². The van der Waals surface area contributed by atoms with E-state index < -0.39 is 187 Å². The van der Waals surface area contributed by atoms with E-state index in [4.69, 9.17) is 11.6 Å². The van der Waals surface area contributed by atoms with Crippen molar-refractivity contribution in [2.45, 2.75) is 236 Å². The fourth-order valence-electron chi connectivity index (χ4n) is 14.0. The minimum Gasteiger partial charge on any atom is -0.343 e. The minimum absolute atomic E-state index is 0.00419. The molecular formula is C66H107ClF5N11O11. The van der Waals surface area contributed by atoms with Crippen molar-refractivity contribution >= 4 is 76.6 Å². The van der Waals surface area contributed by atoms with Crippen LogP contribution in [0, 0.1) is 41.4 Å². The molecule has 11 amide bonds. The van der Waals surface area contributed by atoms with Crippen LogP contribution in [0.1, 0.15) is 171 Å². The molecule has 0 bridgehead atoms. The van der Waals surface area contributed by atoms with E-state index >= 15 is 18.4 Å². The van der Waals surface area contributed by atoms with Gasteiger partial charge in [-0.25, -0.2) is 8.78 Å². The van der Waals surface area contributed by atoms with E-state index in [9.17, 15) is 56.3 Å². The van der Waals surface area contributed by atoms with Gasteiger partial charge >= 0.3 is 6.18 Å². The van der Waals surface area contributed by atoms with Crippen LogP contribution in [0.2, 0.25) is 0 Å². The second-order valence-corrected chi connectivity index (χ2v) is 29.4. The van der Waals surface area contributed by atoms with Gasteiger partial charge in [0.1, 0.15) is 41.8 Å². The fraction of sp³-hybridized carbons (Fsp3) is 0.833. The third-order valence-corrected chi connectivity index (χ3v) is 21.5. The molecule has 28 heteroatoms. The van der Waals surface area contributed by atoms with E-state index in [0.29, 0.717) is 30.1 Å². The zero-order chi connectivity index (χ0) is 70.8. The van der Waals surface area contributed by atoms with E-state index in [0.717, 1.165) is 40.4 Å². The molecule has 3 N–H and O–H groups in total. The molecule has 1 spiro atoms. The molecule has 5 fully saturated rings. The lowest BCUT2D eigenvalue weighted by Gasteiger charge is -2.46. The average molecular weight is 1360 g/mol. The number of halogens is 6. The van der Waals surface area contributed by atoms with Crippen LogP contribution < -0.4 is 16.0 Å². The zero-order valence-electron chi connectivity index (χ0n) is 58.1. The summed E-state index contributed by atoms with van der Waals surface area (Å²) >= 11 is 6.31. The molecule has 0 aromatic rings. The van der Waals surface area contributed by atoms with Crippen molar-refractivity contribution in [3.8, 4) is 0 Å². The van der Waals surface area contributed by atoms with Crippen LogP contribution in [0.4, 0.5) is 22.0 Å². The van der Waals surface area contributed by atoms with Crippen molar-refractivity contribution in [2.24, 2.45) is 41.4 Å². The second kappa shape index (κ2) is 33.4. The van der Waals surface area contributed by atoms with Gasteiger partial charge in [-0.1, -0.05) is 87.0 Å². The fourth-order valence-corrected chi connectivity index (χ4v) is 14.5. The van der Waals surface area contributed by atoms with Crippen molar-refractivity contribution in [2.75, 3.05) is 75.5 Å². The normalized spacial score (nSPS) is 31.3. The number of likely N-dealkylation sites (N-methyl/N-ethyl adjacent to an activating group) is 7. The summed E-state index contributed by atoms with van der Waals surface area (Å²) in [4.78, 5) is 169. The van der Waals surface area contributed by atoms with Crippen LogP contribution in [-0.4, -0.2) is 245 Å². The molecule has 0 aromatic carbocycles. The molecule has 2 heterocycles. The number of carbonyl (C=O) groups excluding carboxylic acids is 11. The van der Waals surface area contributed by atoms with Crippen molar-refractivity contribution in [3.05, 3.63) is 0 Å². The maximum absolute atomic E-state index is 15.9. The van der Waals surface area contributed by atoms with Crippen LogP contribution in [0.15, 0.2) is 0 Å². The van der Waals surface area contributed by atoms with Gasteiger partial charge in [-0.2, -0.15) is 13.2 Å². The molecule has 3 saturated carbocycles. The summed E-state index contributed by atoms with van der Waals surface area (Å²) in [6.07, 6.45) is -1.95. The van der Waals surface area contributed by atoms with Crippen LogP contribution in [0.3, 0.4) is 0 Å². The van der Waals surface area contributed by atoms with Crippen molar-refractivity contribution in [3.63, 3.8) is 0 Å². The van der Waals surface area contributed by atoms with Gasteiger partial charge in [-0.05, 0) is 107 Å². The van der Waals surface area contributed by atoms with Crippen molar-refractivity contribution in [1.82, 2.24) is 55.1 Å². The Balaban J connectivity index is 1.57. The highest BCUT2D eigenvalue weighted by Crippen LogP contribution is 2.44. The first-order valence-corrected chi connectivity index (χ1v) is 34.2. The first kappa shape index (κ1) is 78.8. The lowest BCUT2D eigenvalue weighted by Crippen LogP contribution is -2.68. The number of amides is 11. The lowest BCUT2D eigenvalue weighted by molar-refractivity contribution is -0.182. The number of hydrogen-bond acceptors (Lipinski definition) is 11. The quantitative estimate of drug-likeness (QED) is 0.158. The standard InChI is InChI=1S/C66H107ClF5N11O11/c1-16-40(6)55-61(92)78(11)35-53(86)76(9)36-54(87)81(14)49(32-44-21-19-39(5)20-22-44)60(91)77(10)34-51(84)73-47(26-24-43-23-25-45(46(67)31-43)66(70,71)72)59(90)83-37-65(68,69)33-50(83)58(89)75-64(27-18-28-64)63(94)82(15)56(41(7)17-2)62(93)79(12)42(8)30-52(85)80(13)48(29-38(3)4)57(88)74-55/h38-50,55-56H,16-37H2,1-15H3,(H,73,84)(H,74,88)(H,75,89)/t39?,40-,41-,42+,43?,44?,45?,46?,47-,48-,49-,50-,55-,56-/m0/s1. The monoisotopic (exact) mass is 1360 g/mol. The highest BCUT2D eigenvalue weighted by Gasteiger charge is 2.56. The third-order valence-electron chi connectivity index (χ3n) is 21.1. The van der Waals surface area contributed by atoms with E-state index in [1.807, 2.05) is 27.7 Å². The minimum atomic E-state index is -4.57. The van der Waals surface area contributed by atoms with Crippen LogP contribution in [0.5, 0.6) is 0 Å². The summed E-state index contributed by atoms with van der Waals surface area (Å²) < 4.78 is 73.6. The lowest BCUT2D eigenvalue weighted by atomic mass is 9.74. The first-order valence-electron chi connectivity index (χ1n) is 33.8. The summed E-state index contributed by atoms with van der Waals surface area (Å²) in [5.74, 6) is -14.9. The number of nitrogens with one attached hydrogen (secondary N) is 3. The summed E-state index contributed by atoms with van der Waals surface area (Å²) in [7, 11) is 9.77. The molecule has 3 unspecified atom stereocenters. The maximum Gasteiger partial charge on any atom is 0.393 e. The second-order valence-electron chi connectivity index (χ2n) is 28.8. The van der Waals surface area contributed by atoms with Crippen LogP contribution >= 0.6 is 11.6 Å². The van der Waals surface area contributed by atoms with Gasteiger partial charge in [0.2, 0.25) is 65.0 Å². The van der Waals surface area contributed by atoms with Crippen molar-refractivity contribution < 1.29 is 74.7 Å². The Morgan fingerprint density at radius 3 is 1.74 bits per heavy atom. The van der Waals surface area contributed by atoms with Gasteiger partial charge in [0.15, 0.2) is 0 Å². The molecule has 0 radical (unpaired) electrons. The first-order chi connectivity index (χ1) is 43.7.